The summed E-state index contributed by atoms with van der Waals surface area (Å²) in [5.41, 5.74) is 5.95. The molecule has 0 aliphatic carbocycles. The lowest BCUT2D eigenvalue weighted by atomic mass is 10.3. The molecule has 2 aromatic heterocycles. The van der Waals surface area contributed by atoms with Crippen molar-refractivity contribution in [1.82, 2.24) is 19.9 Å². The molecule has 0 spiro atoms. The zero-order valence-corrected chi connectivity index (χ0v) is 14.6. The van der Waals surface area contributed by atoms with Gasteiger partial charge in [-0.05, 0) is 7.05 Å². The van der Waals surface area contributed by atoms with Crippen LogP contribution >= 0.6 is 11.3 Å². The Balaban J connectivity index is 1.67. The van der Waals surface area contributed by atoms with Crippen molar-refractivity contribution in [2.24, 2.45) is 5.73 Å². The van der Waals surface area contributed by atoms with Gasteiger partial charge in [0.05, 0.1) is 12.1 Å². The number of rotatable bonds is 5. The Morgan fingerprint density at radius 2 is 2.04 bits per heavy atom. The number of carbonyl (C=O) groups is 2. The summed E-state index contributed by atoms with van der Waals surface area (Å²) in [7, 11) is 2.08. The van der Waals surface area contributed by atoms with E-state index in [1.54, 1.807) is 11.4 Å². The van der Waals surface area contributed by atoms with Crippen LogP contribution < -0.4 is 16.0 Å². The number of piperazine rings is 1. The third-order valence-electron chi connectivity index (χ3n) is 3.84. The van der Waals surface area contributed by atoms with Crippen LogP contribution in [0.3, 0.4) is 0 Å². The fraction of sp³-hybridized carbons (Fsp3) is 0.400. The third kappa shape index (κ3) is 4.48. The summed E-state index contributed by atoms with van der Waals surface area (Å²) in [6.45, 7) is 3.62. The largest absolute Gasteiger partial charge is 0.369 e. The topological polar surface area (TPSA) is 117 Å². The van der Waals surface area contributed by atoms with Crippen LogP contribution in [0.5, 0.6) is 0 Å². The summed E-state index contributed by atoms with van der Waals surface area (Å²) < 4.78 is 0. The smallest absolute Gasteiger partial charge is 0.276 e. The highest BCUT2D eigenvalue weighted by Crippen LogP contribution is 2.18. The maximum atomic E-state index is 12.4. The highest BCUT2D eigenvalue weighted by atomic mass is 32.1. The van der Waals surface area contributed by atoms with Gasteiger partial charge in [-0.15, -0.1) is 11.3 Å². The monoisotopic (exact) mass is 361 g/mol. The first-order valence-electron chi connectivity index (χ1n) is 7.81. The predicted octanol–water partition coefficient (Wildman–Crippen LogP) is -0.0350. The molecule has 10 heteroatoms. The van der Waals surface area contributed by atoms with E-state index in [2.05, 4.69) is 37.1 Å². The summed E-state index contributed by atoms with van der Waals surface area (Å²) in [6, 6.07) is 1.68. The van der Waals surface area contributed by atoms with E-state index < -0.39 is 5.91 Å². The first-order chi connectivity index (χ1) is 12.0. The van der Waals surface area contributed by atoms with Gasteiger partial charge < -0.3 is 15.5 Å². The molecule has 1 saturated heterocycles. The minimum Gasteiger partial charge on any atom is -0.369 e. The van der Waals surface area contributed by atoms with Crippen molar-refractivity contribution in [2.45, 2.75) is 6.42 Å². The fourth-order valence-corrected chi connectivity index (χ4v) is 3.17. The molecule has 0 atom stereocenters. The Morgan fingerprint density at radius 1 is 1.28 bits per heavy atom. The van der Waals surface area contributed by atoms with Gasteiger partial charge in [0.25, 0.3) is 5.91 Å². The molecule has 1 fully saturated rings. The van der Waals surface area contributed by atoms with Crippen molar-refractivity contribution in [3.05, 3.63) is 29.2 Å². The number of nitrogens with one attached hydrogen (secondary N) is 1. The molecular weight excluding hydrogens is 342 g/mol. The van der Waals surface area contributed by atoms with E-state index in [0.29, 0.717) is 10.8 Å². The molecule has 0 radical (unpaired) electrons. The van der Waals surface area contributed by atoms with Crippen molar-refractivity contribution < 1.29 is 9.59 Å². The molecule has 132 valence electrons. The molecule has 1 aliphatic heterocycles. The van der Waals surface area contributed by atoms with Crippen LogP contribution in [-0.4, -0.2) is 64.9 Å². The van der Waals surface area contributed by atoms with Gasteiger partial charge >= 0.3 is 0 Å². The molecular formula is C15H19N7O2S. The first kappa shape index (κ1) is 17.2. The van der Waals surface area contributed by atoms with Gasteiger partial charge in [0, 0.05) is 37.6 Å². The van der Waals surface area contributed by atoms with E-state index in [4.69, 9.17) is 5.73 Å². The van der Waals surface area contributed by atoms with Crippen LogP contribution in [-0.2, 0) is 11.2 Å². The number of likely N-dealkylation sites (N-methyl/N-ethyl adjacent to an activating group) is 1. The maximum absolute atomic E-state index is 12.4. The molecule has 0 bridgehead atoms. The Hall–Kier alpha value is -2.59. The first-order valence-corrected chi connectivity index (χ1v) is 8.69. The second kappa shape index (κ2) is 7.53. The van der Waals surface area contributed by atoms with Gasteiger partial charge in [0.15, 0.2) is 5.13 Å². The lowest BCUT2D eigenvalue weighted by molar-refractivity contribution is -0.117. The van der Waals surface area contributed by atoms with E-state index in [1.165, 1.54) is 17.7 Å². The van der Waals surface area contributed by atoms with Gasteiger partial charge in [0.2, 0.25) is 5.91 Å². The number of carbonyl (C=O) groups excluding carboxylic acids is 2. The van der Waals surface area contributed by atoms with Gasteiger partial charge in [-0.2, -0.15) is 0 Å². The van der Waals surface area contributed by atoms with Crippen LogP contribution in [0.25, 0.3) is 0 Å². The summed E-state index contributed by atoms with van der Waals surface area (Å²) >= 11 is 1.24. The zero-order valence-electron chi connectivity index (χ0n) is 13.8. The number of hydrogen-bond donors (Lipinski definition) is 2. The number of thiazole rings is 1. The quantitative estimate of drug-likeness (QED) is 0.767. The predicted molar refractivity (Wildman–Crippen MR) is 94.7 cm³/mol. The van der Waals surface area contributed by atoms with E-state index in [0.717, 1.165) is 32.0 Å². The highest BCUT2D eigenvalue weighted by Gasteiger charge is 2.18. The summed E-state index contributed by atoms with van der Waals surface area (Å²) in [4.78, 5) is 40.1. The van der Waals surface area contributed by atoms with Crippen LogP contribution in [0.15, 0.2) is 17.8 Å². The third-order valence-corrected chi connectivity index (χ3v) is 4.65. The number of aromatic nitrogens is 3. The Kier molecular flexibility index (Phi) is 5.19. The van der Waals surface area contributed by atoms with Crippen LogP contribution in [0.1, 0.15) is 16.2 Å². The SMILES string of the molecule is CN1CCN(c2cc(C(=O)Nc3nc(CC(N)=O)cs3)ncn2)CC1. The Bertz CT molecular complexity index is 771. The van der Waals surface area contributed by atoms with Crippen LogP contribution in [0.4, 0.5) is 10.9 Å². The second-order valence-electron chi connectivity index (χ2n) is 5.79. The Labute approximate surface area is 148 Å². The number of nitrogens with zero attached hydrogens (tertiary/aromatic N) is 5. The number of amides is 2. The van der Waals surface area contributed by atoms with E-state index in [-0.39, 0.29) is 18.0 Å². The molecule has 2 aromatic rings. The number of primary amides is 1. The molecule has 0 aromatic carbocycles. The van der Waals surface area contributed by atoms with Gasteiger partial charge in [-0.25, -0.2) is 15.0 Å². The van der Waals surface area contributed by atoms with E-state index in [9.17, 15) is 9.59 Å². The molecule has 0 unspecified atom stereocenters. The number of nitrogens with two attached hydrogens (primary N) is 1. The maximum Gasteiger partial charge on any atom is 0.276 e. The van der Waals surface area contributed by atoms with E-state index in [1.807, 2.05) is 0 Å². The van der Waals surface area contributed by atoms with Crippen LogP contribution in [0.2, 0.25) is 0 Å². The van der Waals surface area contributed by atoms with Gasteiger partial charge in [-0.1, -0.05) is 0 Å². The lowest BCUT2D eigenvalue weighted by Gasteiger charge is -2.33. The van der Waals surface area contributed by atoms with Crippen molar-refractivity contribution in [1.29, 1.82) is 0 Å². The highest BCUT2D eigenvalue weighted by molar-refractivity contribution is 7.14. The zero-order chi connectivity index (χ0) is 17.8. The molecule has 2 amide bonds. The Morgan fingerprint density at radius 3 is 2.76 bits per heavy atom. The molecule has 1 aliphatic rings. The van der Waals surface area contributed by atoms with Crippen molar-refractivity contribution >= 4 is 34.1 Å². The minimum absolute atomic E-state index is 0.0490. The average Bonchev–Trinajstić information content (AvgIpc) is 3.01. The molecule has 3 rings (SSSR count). The van der Waals surface area contributed by atoms with Gasteiger partial charge in [0.1, 0.15) is 17.8 Å². The molecule has 3 heterocycles. The summed E-state index contributed by atoms with van der Waals surface area (Å²) in [6.07, 6.45) is 1.44. The van der Waals surface area contributed by atoms with Crippen LogP contribution in [0, 0.1) is 0 Å². The number of anilines is 2. The minimum atomic E-state index is -0.462. The second-order valence-corrected chi connectivity index (χ2v) is 6.65. The van der Waals surface area contributed by atoms with Gasteiger partial charge in [-0.3, -0.25) is 14.9 Å². The van der Waals surface area contributed by atoms with Crippen molar-refractivity contribution in [2.75, 3.05) is 43.4 Å². The lowest BCUT2D eigenvalue weighted by Crippen LogP contribution is -2.44. The number of hydrogen-bond acceptors (Lipinski definition) is 8. The standard InChI is InChI=1S/C15H19N7O2S/c1-21-2-4-22(5-3-21)13-7-11(17-9-18-13)14(24)20-15-19-10(8-25-15)6-12(16)23/h7-9H,2-6H2,1H3,(H2,16,23)(H,19,20,24). The van der Waals surface area contributed by atoms with Crippen molar-refractivity contribution in [3.8, 4) is 0 Å². The fourth-order valence-electron chi connectivity index (χ4n) is 2.46. The molecule has 3 N–H and O–H groups in total. The summed E-state index contributed by atoms with van der Waals surface area (Å²) in [5.74, 6) is -0.0876. The summed E-state index contributed by atoms with van der Waals surface area (Å²) in [5, 5.41) is 4.78. The molecule has 0 saturated carbocycles. The normalized spacial score (nSPS) is 15.2. The molecule has 9 nitrogen and oxygen atoms in total. The molecule has 25 heavy (non-hydrogen) atoms. The average molecular weight is 361 g/mol. The van der Waals surface area contributed by atoms with E-state index >= 15 is 0 Å². The van der Waals surface area contributed by atoms with Crippen molar-refractivity contribution in [3.63, 3.8) is 0 Å².